The second-order valence-electron chi connectivity index (χ2n) is 4.05. The zero-order chi connectivity index (χ0) is 10.9. The fourth-order valence-electron chi connectivity index (χ4n) is 1.97. The van der Waals surface area contributed by atoms with Crippen molar-refractivity contribution in [2.75, 3.05) is 12.0 Å². The van der Waals surface area contributed by atoms with E-state index in [0.29, 0.717) is 6.42 Å². The summed E-state index contributed by atoms with van der Waals surface area (Å²) >= 11 is 0. The molecular formula is C11H15NO2S. The molecule has 0 aliphatic carbocycles. The van der Waals surface area contributed by atoms with Gasteiger partial charge in [0.2, 0.25) is 0 Å². The first-order valence-electron chi connectivity index (χ1n) is 5.05. The van der Waals surface area contributed by atoms with E-state index in [1.54, 1.807) is 0 Å². The van der Waals surface area contributed by atoms with E-state index in [1.807, 2.05) is 12.1 Å². The predicted molar refractivity (Wildman–Crippen MR) is 60.4 cm³/mol. The molecule has 3 nitrogen and oxygen atoms in total. The summed E-state index contributed by atoms with van der Waals surface area (Å²) in [6.45, 7) is 0.852. The molecule has 1 unspecified atom stereocenters. The maximum atomic E-state index is 11.1. The fraction of sp³-hybridized carbons (Fsp3) is 0.455. The summed E-state index contributed by atoms with van der Waals surface area (Å²) in [6, 6.07) is 8.37. The Balaban J connectivity index is 2.08. The van der Waals surface area contributed by atoms with Gasteiger partial charge in [0.25, 0.3) is 0 Å². The Bertz CT molecular complexity index is 453. The van der Waals surface area contributed by atoms with Crippen LogP contribution in [0, 0.1) is 0 Å². The standard InChI is InChI=1S/C11H15NO2S/c1-15(13,14)7-6-11-10-5-3-2-4-9(10)8-12-11/h2-5,11-12H,6-8H2,1H3. The smallest absolute Gasteiger partial charge is 0.147 e. The molecule has 4 heteroatoms. The van der Waals surface area contributed by atoms with E-state index in [2.05, 4.69) is 17.4 Å². The van der Waals surface area contributed by atoms with Gasteiger partial charge in [-0.2, -0.15) is 0 Å². The highest BCUT2D eigenvalue weighted by molar-refractivity contribution is 7.90. The highest BCUT2D eigenvalue weighted by Crippen LogP contribution is 2.27. The predicted octanol–water partition coefficient (Wildman–Crippen LogP) is 1.27. The van der Waals surface area contributed by atoms with Crippen LogP contribution in [0.2, 0.25) is 0 Å². The van der Waals surface area contributed by atoms with E-state index >= 15 is 0 Å². The first-order chi connectivity index (χ1) is 7.06. The van der Waals surface area contributed by atoms with Gasteiger partial charge in [0, 0.05) is 18.8 Å². The van der Waals surface area contributed by atoms with Crippen molar-refractivity contribution in [1.82, 2.24) is 5.32 Å². The summed E-state index contributed by atoms with van der Waals surface area (Å²) in [5.74, 6) is 0.249. The highest BCUT2D eigenvalue weighted by atomic mass is 32.2. The minimum Gasteiger partial charge on any atom is -0.306 e. The summed E-state index contributed by atoms with van der Waals surface area (Å²) in [6.07, 6.45) is 1.95. The van der Waals surface area contributed by atoms with Crippen molar-refractivity contribution < 1.29 is 8.42 Å². The molecule has 1 atom stereocenters. The molecule has 82 valence electrons. The molecule has 1 heterocycles. The molecule has 0 spiro atoms. The quantitative estimate of drug-likeness (QED) is 0.842. The summed E-state index contributed by atoms with van der Waals surface area (Å²) in [5, 5.41) is 3.33. The first-order valence-corrected chi connectivity index (χ1v) is 7.11. The molecule has 0 bridgehead atoms. The molecule has 2 rings (SSSR count). The second kappa shape index (κ2) is 3.94. The average Bonchev–Trinajstić information content (AvgIpc) is 2.57. The van der Waals surface area contributed by atoms with Crippen LogP contribution in [-0.4, -0.2) is 20.4 Å². The van der Waals surface area contributed by atoms with Gasteiger partial charge < -0.3 is 5.32 Å². The molecule has 1 aromatic carbocycles. The van der Waals surface area contributed by atoms with Gasteiger partial charge in [-0.1, -0.05) is 24.3 Å². The Hall–Kier alpha value is -0.870. The third-order valence-corrected chi connectivity index (χ3v) is 3.72. The first kappa shape index (κ1) is 10.6. The van der Waals surface area contributed by atoms with Crippen LogP contribution >= 0.6 is 0 Å². The molecule has 1 aromatic rings. The van der Waals surface area contributed by atoms with E-state index in [9.17, 15) is 8.42 Å². The lowest BCUT2D eigenvalue weighted by Gasteiger charge is -2.10. The Morgan fingerprint density at radius 2 is 2.13 bits per heavy atom. The van der Waals surface area contributed by atoms with Crippen LogP contribution in [0.15, 0.2) is 24.3 Å². The molecule has 0 saturated heterocycles. The van der Waals surface area contributed by atoms with Gasteiger partial charge in [-0.05, 0) is 17.5 Å². The molecule has 0 amide bonds. The Morgan fingerprint density at radius 1 is 1.40 bits per heavy atom. The number of benzene rings is 1. The van der Waals surface area contributed by atoms with Crippen LogP contribution in [0.25, 0.3) is 0 Å². The van der Waals surface area contributed by atoms with Gasteiger partial charge in [0.15, 0.2) is 0 Å². The normalized spacial score (nSPS) is 20.2. The van der Waals surface area contributed by atoms with Crippen molar-refractivity contribution in [2.45, 2.75) is 19.0 Å². The maximum absolute atomic E-state index is 11.1. The summed E-state index contributed by atoms with van der Waals surface area (Å²) in [4.78, 5) is 0. The van der Waals surface area contributed by atoms with E-state index < -0.39 is 9.84 Å². The third-order valence-electron chi connectivity index (χ3n) is 2.75. The molecule has 1 aliphatic rings. The van der Waals surface area contributed by atoms with Crippen molar-refractivity contribution in [3.05, 3.63) is 35.4 Å². The third kappa shape index (κ3) is 2.58. The second-order valence-corrected chi connectivity index (χ2v) is 6.31. The van der Waals surface area contributed by atoms with Crippen LogP contribution < -0.4 is 5.32 Å². The van der Waals surface area contributed by atoms with Crippen molar-refractivity contribution in [1.29, 1.82) is 0 Å². The van der Waals surface area contributed by atoms with Crippen LogP contribution in [0.3, 0.4) is 0 Å². The molecule has 1 aliphatic heterocycles. The van der Waals surface area contributed by atoms with Crippen LogP contribution in [0.5, 0.6) is 0 Å². The van der Waals surface area contributed by atoms with Crippen molar-refractivity contribution in [3.63, 3.8) is 0 Å². The minimum absolute atomic E-state index is 0.205. The number of hydrogen-bond donors (Lipinski definition) is 1. The lowest BCUT2D eigenvalue weighted by molar-refractivity contribution is 0.553. The SMILES string of the molecule is CS(=O)(=O)CCC1NCc2ccccc21. The largest absolute Gasteiger partial charge is 0.306 e. The number of rotatable bonds is 3. The molecule has 0 saturated carbocycles. The van der Waals surface area contributed by atoms with E-state index in [4.69, 9.17) is 0 Å². The lowest BCUT2D eigenvalue weighted by atomic mass is 10.0. The molecule has 0 fully saturated rings. The van der Waals surface area contributed by atoms with E-state index in [0.717, 1.165) is 6.54 Å². The molecular weight excluding hydrogens is 210 g/mol. The van der Waals surface area contributed by atoms with Gasteiger partial charge >= 0.3 is 0 Å². The summed E-state index contributed by atoms with van der Waals surface area (Å²) in [5.41, 5.74) is 2.54. The van der Waals surface area contributed by atoms with Crippen LogP contribution in [0.1, 0.15) is 23.6 Å². The molecule has 0 aromatic heterocycles. The van der Waals surface area contributed by atoms with E-state index in [-0.39, 0.29) is 11.8 Å². The van der Waals surface area contributed by atoms with Crippen molar-refractivity contribution in [3.8, 4) is 0 Å². The van der Waals surface area contributed by atoms with Crippen molar-refractivity contribution in [2.24, 2.45) is 0 Å². The van der Waals surface area contributed by atoms with Gasteiger partial charge in [0.1, 0.15) is 9.84 Å². The molecule has 0 radical (unpaired) electrons. The van der Waals surface area contributed by atoms with Crippen molar-refractivity contribution >= 4 is 9.84 Å². The monoisotopic (exact) mass is 225 g/mol. The number of sulfone groups is 1. The maximum Gasteiger partial charge on any atom is 0.147 e. The number of fused-ring (bicyclic) bond motifs is 1. The van der Waals surface area contributed by atoms with Gasteiger partial charge in [-0.25, -0.2) is 8.42 Å². The average molecular weight is 225 g/mol. The molecule has 1 N–H and O–H groups in total. The Labute approximate surface area is 90.4 Å². The summed E-state index contributed by atoms with van der Waals surface area (Å²) < 4.78 is 22.1. The van der Waals surface area contributed by atoms with Gasteiger partial charge in [-0.3, -0.25) is 0 Å². The Morgan fingerprint density at radius 3 is 2.87 bits per heavy atom. The van der Waals surface area contributed by atoms with Gasteiger partial charge in [-0.15, -0.1) is 0 Å². The fourth-order valence-corrected chi connectivity index (χ4v) is 2.63. The zero-order valence-electron chi connectivity index (χ0n) is 8.73. The minimum atomic E-state index is -2.85. The topological polar surface area (TPSA) is 46.2 Å². The number of hydrogen-bond acceptors (Lipinski definition) is 3. The van der Waals surface area contributed by atoms with E-state index in [1.165, 1.54) is 17.4 Å². The highest BCUT2D eigenvalue weighted by Gasteiger charge is 2.21. The van der Waals surface area contributed by atoms with Crippen LogP contribution in [-0.2, 0) is 16.4 Å². The number of nitrogens with one attached hydrogen (secondary N) is 1. The van der Waals surface area contributed by atoms with Crippen LogP contribution in [0.4, 0.5) is 0 Å². The lowest BCUT2D eigenvalue weighted by Crippen LogP contribution is -2.16. The molecule has 15 heavy (non-hydrogen) atoms. The summed E-state index contributed by atoms with van der Waals surface area (Å²) in [7, 11) is -2.85. The Kier molecular flexibility index (Phi) is 2.80. The van der Waals surface area contributed by atoms with Gasteiger partial charge in [0.05, 0.1) is 5.75 Å². The zero-order valence-corrected chi connectivity index (χ0v) is 9.55.